The largest absolute Gasteiger partial charge is 0.330 e. The Hall–Kier alpha value is -0.0400. The number of hydrogen-bond acceptors (Lipinski definition) is 3. The molecule has 4 nitrogen and oxygen atoms in total. The fraction of sp³-hybridized carbons (Fsp3) is 0.500. The van der Waals surface area contributed by atoms with Gasteiger partial charge in [0.2, 0.25) is 10.0 Å². The molecule has 1 fully saturated rings. The number of nitrogens with zero attached hydrogens (tertiary/aromatic N) is 1. The number of sulfonamides is 1. The van der Waals surface area contributed by atoms with Gasteiger partial charge in [0.05, 0.1) is 5.75 Å². The topological polar surface area (TPSA) is 63.4 Å². The van der Waals surface area contributed by atoms with E-state index in [-0.39, 0.29) is 24.1 Å². The monoisotopic (exact) mass is 358 g/mol. The van der Waals surface area contributed by atoms with Gasteiger partial charge in [-0.2, -0.15) is 0 Å². The summed E-state index contributed by atoms with van der Waals surface area (Å²) in [5, 5.41) is 0.760. The minimum atomic E-state index is -3.39. The predicted octanol–water partition coefficient (Wildman–Crippen LogP) is 2.53. The first-order chi connectivity index (χ1) is 8.94. The van der Waals surface area contributed by atoms with Gasteiger partial charge in [-0.3, -0.25) is 0 Å². The lowest BCUT2D eigenvalue weighted by molar-refractivity contribution is 0.458. The van der Waals surface area contributed by atoms with Crippen molar-refractivity contribution in [2.45, 2.75) is 12.2 Å². The van der Waals surface area contributed by atoms with Gasteiger partial charge in [-0.25, -0.2) is 12.7 Å². The van der Waals surface area contributed by atoms with Gasteiger partial charge in [-0.05, 0) is 31.0 Å². The Morgan fingerprint density at radius 2 is 1.90 bits per heavy atom. The van der Waals surface area contributed by atoms with Gasteiger partial charge in [0.25, 0.3) is 0 Å². The van der Waals surface area contributed by atoms with Crippen molar-refractivity contribution in [3.05, 3.63) is 33.8 Å². The molecule has 0 amide bonds. The molecule has 1 saturated heterocycles. The molecule has 20 heavy (non-hydrogen) atoms. The third kappa shape index (κ3) is 4.00. The van der Waals surface area contributed by atoms with Crippen molar-refractivity contribution in [2.24, 2.45) is 11.7 Å². The summed E-state index contributed by atoms with van der Waals surface area (Å²) in [6.07, 6.45) is 0.811. The molecule has 0 bridgehead atoms. The van der Waals surface area contributed by atoms with E-state index in [0.29, 0.717) is 35.2 Å². The Balaban J connectivity index is 0.00000200. The maximum Gasteiger partial charge on any atom is 0.218 e. The van der Waals surface area contributed by atoms with Crippen LogP contribution in [-0.4, -0.2) is 32.4 Å². The van der Waals surface area contributed by atoms with Crippen LogP contribution in [0.5, 0.6) is 0 Å². The molecule has 1 aromatic carbocycles. The van der Waals surface area contributed by atoms with E-state index in [0.717, 1.165) is 6.42 Å². The number of halogens is 3. The highest BCUT2D eigenvalue weighted by atomic mass is 35.5. The summed E-state index contributed by atoms with van der Waals surface area (Å²) in [4.78, 5) is 0. The van der Waals surface area contributed by atoms with Crippen molar-refractivity contribution in [3.8, 4) is 0 Å². The average Bonchev–Trinajstić information content (AvgIpc) is 2.83. The zero-order valence-corrected chi connectivity index (χ0v) is 13.9. The molecule has 2 N–H and O–H groups in total. The fourth-order valence-electron chi connectivity index (χ4n) is 2.19. The summed E-state index contributed by atoms with van der Waals surface area (Å²) < 4.78 is 26.1. The van der Waals surface area contributed by atoms with Crippen LogP contribution >= 0.6 is 35.6 Å². The molecule has 0 aromatic heterocycles. The van der Waals surface area contributed by atoms with Crippen LogP contribution in [0.3, 0.4) is 0 Å². The van der Waals surface area contributed by atoms with Crippen LogP contribution in [0.1, 0.15) is 12.0 Å². The van der Waals surface area contributed by atoms with E-state index in [1.807, 2.05) is 0 Å². The maximum atomic E-state index is 12.3. The molecular weight excluding hydrogens is 343 g/mol. The molecule has 114 valence electrons. The molecular formula is C12H17Cl3N2O2S. The lowest BCUT2D eigenvalue weighted by Crippen LogP contribution is -2.31. The molecule has 1 unspecified atom stereocenters. The highest BCUT2D eigenvalue weighted by Crippen LogP contribution is 2.28. The minimum Gasteiger partial charge on any atom is -0.330 e. The number of rotatable bonds is 4. The number of nitrogens with two attached hydrogens (primary N) is 1. The molecule has 1 heterocycles. The van der Waals surface area contributed by atoms with E-state index in [1.54, 1.807) is 18.2 Å². The van der Waals surface area contributed by atoms with Crippen molar-refractivity contribution in [3.63, 3.8) is 0 Å². The Labute approximate surface area is 135 Å². The van der Waals surface area contributed by atoms with E-state index >= 15 is 0 Å². The molecule has 1 atom stereocenters. The Morgan fingerprint density at radius 3 is 2.40 bits per heavy atom. The van der Waals surface area contributed by atoms with E-state index < -0.39 is 10.0 Å². The van der Waals surface area contributed by atoms with Gasteiger partial charge in [-0.15, -0.1) is 12.4 Å². The van der Waals surface area contributed by atoms with E-state index in [2.05, 4.69) is 0 Å². The second kappa shape index (κ2) is 7.29. The van der Waals surface area contributed by atoms with E-state index in [9.17, 15) is 8.42 Å². The van der Waals surface area contributed by atoms with Crippen molar-refractivity contribution >= 4 is 45.6 Å². The van der Waals surface area contributed by atoms with Gasteiger partial charge in [0.1, 0.15) is 0 Å². The van der Waals surface area contributed by atoms with Crippen LogP contribution in [0.25, 0.3) is 0 Å². The summed E-state index contributed by atoms with van der Waals surface area (Å²) in [5.74, 6) is 0.0829. The van der Waals surface area contributed by atoms with Gasteiger partial charge >= 0.3 is 0 Å². The molecule has 1 aromatic rings. The molecule has 1 aliphatic heterocycles. The molecule has 0 radical (unpaired) electrons. The SMILES string of the molecule is Cl.NCC1CCN(S(=O)(=O)Cc2c(Cl)cccc2Cl)C1. The Bertz CT molecular complexity index is 546. The Kier molecular flexibility index (Phi) is 6.57. The lowest BCUT2D eigenvalue weighted by Gasteiger charge is -2.17. The second-order valence-electron chi connectivity index (χ2n) is 4.70. The smallest absolute Gasteiger partial charge is 0.218 e. The molecule has 1 aliphatic rings. The predicted molar refractivity (Wildman–Crippen MR) is 85.1 cm³/mol. The standard InChI is InChI=1S/C12H16Cl2N2O2S.ClH/c13-11-2-1-3-12(14)10(11)8-19(17,18)16-5-4-9(6-15)7-16;/h1-3,9H,4-8,15H2;1H. The van der Waals surface area contributed by atoms with Crippen molar-refractivity contribution < 1.29 is 8.42 Å². The van der Waals surface area contributed by atoms with Gasteiger partial charge in [-0.1, -0.05) is 29.3 Å². The maximum absolute atomic E-state index is 12.3. The van der Waals surface area contributed by atoms with Crippen LogP contribution in [0.2, 0.25) is 10.0 Å². The summed E-state index contributed by atoms with van der Waals surface area (Å²) >= 11 is 12.0. The highest BCUT2D eigenvalue weighted by molar-refractivity contribution is 7.88. The molecule has 2 rings (SSSR count). The summed E-state index contributed by atoms with van der Waals surface area (Å²) in [7, 11) is -3.39. The van der Waals surface area contributed by atoms with E-state index in [1.165, 1.54) is 4.31 Å². The van der Waals surface area contributed by atoms with Crippen LogP contribution < -0.4 is 5.73 Å². The summed E-state index contributed by atoms with van der Waals surface area (Å²) in [6.45, 7) is 1.52. The summed E-state index contributed by atoms with van der Waals surface area (Å²) in [6, 6.07) is 4.98. The zero-order valence-electron chi connectivity index (χ0n) is 10.8. The third-order valence-electron chi connectivity index (χ3n) is 3.36. The molecule has 0 spiro atoms. The Morgan fingerprint density at radius 1 is 1.30 bits per heavy atom. The van der Waals surface area contributed by atoms with Crippen LogP contribution in [-0.2, 0) is 15.8 Å². The molecule has 0 aliphatic carbocycles. The summed E-state index contributed by atoms with van der Waals surface area (Å²) in [5.41, 5.74) is 6.04. The number of benzene rings is 1. The lowest BCUT2D eigenvalue weighted by atomic mass is 10.1. The van der Waals surface area contributed by atoms with Crippen molar-refractivity contribution in [1.82, 2.24) is 4.31 Å². The molecule has 0 saturated carbocycles. The quantitative estimate of drug-likeness (QED) is 0.898. The first-order valence-corrected chi connectivity index (χ1v) is 8.41. The molecule has 8 heteroatoms. The van der Waals surface area contributed by atoms with Crippen LogP contribution in [0.4, 0.5) is 0 Å². The van der Waals surface area contributed by atoms with Crippen LogP contribution in [0, 0.1) is 5.92 Å². The van der Waals surface area contributed by atoms with Gasteiger partial charge in [0, 0.05) is 28.7 Å². The highest BCUT2D eigenvalue weighted by Gasteiger charge is 2.31. The third-order valence-corrected chi connectivity index (χ3v) is 5.84. The minimum absolute atomic E-state index is 0. The first-order valence-electron chi connectivity index (χ1n) is 6.05. The second-order valence-corrected chi connectivity index (χ2v) is 7.49. The normalized spacial score (nSPS) is 19.9. The van der Waals surface area contributed by atoms with Crippen molar-refractivity contribution in [1.29, 1.82) is 0 Å². The first kappa shape index (κ1) is 18.0. The average molecular weight is 360 g/mol. The van der Waals surface area contributed by atoms with Gasteiger partial charge in [0.15, 0.2) is 0 Å². The van der Waals surface area contributed by atoms with Gasteiger partial charge < -0.3 is 5.73 Å². The zero-order chi connectivity index (χ0) is 14.0. The van der Waals surface area contributed by atoms with Crippen LogP contribution in [0.15, 0.2) is 18.2 Å². The van der Waals surface area contributed by atoms with E-state index in [4.69, 9.17) is 28.9 Å². The fourth-order valence-corrected chi connectivity index (χ4v) is 4.56. The van der Waals surface area contributed by atoms with Crippen molar-refractivity contribution in [2.75, 3.05) is 19.6 Å². The number of hydrogen-bond donors (Lipinski definition) is 1.